The molecular weight excluding hydrogens is 330 g/mol. The molecule has 1 aliphatic rings. The zero-order chi connectivity index (χ0) is 13.7. The van der Waals surface area contributed by atoms with Crippen molar-refractivity contribution in [3.05, 3.63) is 21.8 Å². The molecule has 0 amide bonds. The van der Waals surface area contributed by atoms with Crippen LogP contribution in [-0.4, -0.2) is 43.9 Å². The lowest BCUT2D eigenvalue weighted by molar-refractivity contribution is 0.0934. The van der Waals surface area contributed by atoms with Gasteiger partial charge in [-0.2, -0.15) is 0 Å². The highest BCUT2D eigenvalue weighted by molar-refractivity contribution is 9.10. The molecule has 1 atom stereocenters. The molecule has 2 rings (SSSR count). The van der Waals surface area contributed by atoms with Crippen molar-refractivity contribution in [3.8, 4) is 0 Å². The largest absolute Gasteiger partial charge is 0.377 e. The second-order valence-corrected chi connectivity index (χ2v) is 5.91. The Morgan fingerprint density at radius 2 is 2.47 bits per heavy atom. The van der Waals surface area contributed by atoms with Gasteiger partial charge in [0.15, 0.2) is 0 Å². The minimum Gasteiger partial charge on any atom is -0.377 e. The number of nitrogens with zero attached hydrogens (tertiary/aromatic N) is 2. The molecular formula is C13H19BrClN3O. The molecule has 0 aromatic carbocycles. The molecule has 1 aromatic heterocycles. The molecule has 2 heterocycles. The Morgan fingerprint density at radius 3 is 3.21 bits per heavy atom. The van der Waals surface area contributed by atoms with Crippen LogP contribution in [0.25, 0.3) is 0 Å². The van der Waals surface area contributed by atoms with Gasteiger partial charge in [0.25, 0.3) is 0 Å². The highest BCUT2D eigenvalue weighted by Crippen LogP contribution is 2.28. The van der Waals surface area contributed by atoms with Crippen LogP contribution in [0.15, 0.2) is 16.7 Å². The Kier molecular flexibility index (Phi) is 5.88. The van der Waals surface area contributed by atoms with E-state index in [-0.39, 0.29) is 6.04 Å². The van der Waals surface area contributed by atoms with Crippen molar-refractivity contribution >= 4 is 33.3 Å². The molecule has 1 aliphatic heterocycles. The number of nitrogens with one attached hydrogen (secondary N) is 1. The lowest BCUT2D eigenvalue weighted by atomic mass is 10.2. The molecule has 0 spiro atoms. The Hall–Kier alpha value is -0.360. The zero-order valence-electron chi connectivity index (χ0n) is 11.0. The van der Waals surface area contributed by atoms with Crippen molar-refractivity contribution in [2.24, 2.45) is 0 Å². The maximum Gasteiger partial charge on any atom is 0.147 e. The quantitative estimate of drug-likeness (QED) is 0.830. The summed E-state index contributed by atoms with van der Waals surface area (Å²) >= 11 is 9.68. The van der Waals surface area contributed by atoms with E-state index in [9.17, 15) is 0 Å². The summed E-state index contributed by atoms with van der Waals surface area (Å²) in [5.41, 5.74) is 0. The lowest BCUT2D eigenvalue weighted by Crippen LogP contribution is -2.51. The first-order chi connectivity index (χ1) is 9.22. The van der Waals surface area contributed by atoms with Crippen LogP contribution in [0.3, 0.4) is 0 Å². The van der Waals surface area contributed by atoms with E-state index >= 15 is 0 Å². The smallest absolute Gasteiger partial charge is 0.147 e. The minimum atomic E-state index is 0.284. The second-order valence-electron chi connectivity index (χ2n) is 4.59. The number of anilines is 1. The van der Waals surface area contributed by atoms with Crippen LogP contribution in [-0.2, 0) is 4.74 Å². The lowest BCUT2D eigenvalue weighted by Gasteiger charge is -2.37. The fraction of sp³-hybridized carbons (Fsp3) is 0.615. The Morgan fingerprint density at radius 1 is 1.63 bits per heavy atom. The van der Waals surface area contributed by atoms with Crippen LogP contribution in [0.5, 0.6) is 0 Å². The average Bonchev–Trinajstić information content (AvgIpc) is 2.40. The van der Waals surface area contributed by atoms with Crippen molar-refractivity contribution in [2.75, 3.05) is 37.7 Å². The summed E-state index contributed by atoms with van der Waals surface area (Å²) in [6.45, 7) is 6.33. The Labute approximate surface area is 127 Å². The van der Waals surface area contributed by atoms with Gasteiger partial charge in [0, 0.05) is 23.8 Å². The van der Waals surface area contributed by atoms with Crippen molar-refractivity contribution in [1.82, 2.24) is 10.3 Å². The van der Waals surface area contributed by atoms with Crippen LogP contribution in [0.4, 0.5) is 5.82 Å². The third-order valence-electron chi connectivity index (χ3n) is 3.09. The fourth-order valence-electron chi connectivity index (χ4n) is 2.17. The van der Waals surface area contributed by atoms with Crippen LogP contribution < -0.4 is 10.2 Å². The van der Waals surface area contributed by atoms with E-state index in [1.54, 1.807) is 6.20 Å². The molecule has 1 fully saturated rings. The molecule has 19 heavy (non-hydrogen) atoms. The summed E-state index contributed by atoms with van der Waals surface area (Å²) in [6.07, 6.45) is 2.91. The molecule has 0 saturated carbocycles. The van der Waals surface area contributed by atoms with Crippen LogP contribution >= 0.6 is 27.5 Å². The van der Waals surface area contributed by atoms with Gasteiger partial charge in [0.1, 0.15) is 5.82 Å². The van der Waals surface area contributed by atoms with E-state index < -0.39 is 0 Å². The van der Waals surface area contributed by atoms with Crippen LogP contribution in [0.1, 0.15) is 13.3 Å². The van der Waals surface area contributed by atoms with Crippen LogP contribution in [0, 0.1) is 0 Å². The number of aromatic nitrogens is 1. The molecule has 1 aromatic rings. The molecule has 4 nitrogen and oxygen atoms in total. The standard InChI is InChI=1S/C13H19BrClN3O/c1-2-3-16-8-11-9-19-5-4-18(11)13-12(15)6-10(14)7-17-13/h6-7,11,16H,2-5,8-9H2,1H3. The zero-order valence-corrected chi connectivity index (χ0v) is 13.4. The SMILES string of the molecule is CCCNCC1COCCN1c1ncc(Br)cc1Cl. The Balaban J connectivity index is 2.09. The number of ether oxygens (including phenoxy) is 1. The number of hydrogen-bond donors (Lipinski definition) is 1. The van der Waals surface area contributed by atoms with Gasteiger partial charge in [-0.3, -0.25) is 0 Å². The fourth-order valence-corrected chi connectivity index (χ4v) is 2.90. The highest BCUT2D eigenvalue weighted by atomic mass is 79.9. The van der Waals surface area contributed by atoms with E-state index in [1.807, 2.05) is 6.07 Å². The van der Waals surface area contributed by atoms with E-state index in [2.05, 4.69) is 38.1 Å². The number of rotatable bonds is 5. The summed E-state index contributed by atoms with van der Waals surface area (Å²) in [5, 5.41) is 4.11. The van der Waals surface area contributed by atoms with Crippen molar-refractivity contribution in [2.45, 2.75) is 19.4 Å². The molecule has 1 N–H and O–H groups in total. The predicted molar refractivity (Wildman–Crippen MR) is 82.1 cm³/mol. The molecule has 1 unspecified atom stereocenters. The van der Waals surface area contributed by atoms with E-state index in [0.29, 0.717) is 11.6 Å². The molecule has 1 saturated heterocycles. The number of hydrogen-bond acceptors (Lipinski definition) is 4. The average molecular weight is 349 g/mol. The number of halogens is 2. The molecule has 106 valence electrons. The van der Waals surface area contributed by atoms with E-state index in [0.717, 1.165) is 43.0 Å². The summed E-state index contributed by atoms with van der Waals surface area (Å²) in [4.78, 5) is 6.68. The monoisotopic (exact) mass is 347 g/mol. The summed E-state index contributed by atoms with van der Waals surface area (Å²) in [6, 6.07) is 2.17. The number of pyridine rings is 1. The topological polar surface area (TPSA) is 37.4 Å². The maximum absolute atomic E-state index is 6.29. The maximum atomic E-state index is 6.29. The molecule has 6 heteroatoms. The van der Waals surface area contributed by atoms with Gasteiger partial charge < -0.3 is 15.0 Å². The first-order valence-corrected chi connectivity index (χ1v) is 7.75. The van der Waals surface area contributed by atoms with E-state index in [1.165, 1.54) is 0 Å². The summed E-state index contributed by atoms with van der Waals surface area (Å²) in [5.74, 6) is 0.844. The van der Waals surface area contributed by atoms with Gasteiger partial charge in [0.05, 0.1) is 24.3 Å². The summed E-state index contributed by atoms with van der Waals surface area (Å²) in [7, 11) is 0. The number of morpholine rings is 1. The first kappa shape index (κ1) is 15.0. The van der Waals surface area contributed by atoms with E-state index in [4.69, 9.17) is 16.3 Å². The molecule has 0 radical (unpaired) electrons. The van der Waals surface area contributed by atoms with Crippen LogP contribution in [0.2, 0.25) is 5.02 Å². The third-order valence-corrected chi connectivity index (χ3v) is 3.81. The first-order valence-electron chi connectivity index (χ1n) is 6.58. The minimum absolute atomic E-state index is 0.284. The third kappa shape index (κ3) is 4.05. The van der Waals surface area contributed by atoms with Gasteiger partial charge in [0.2, 0.25) is 0 Å². The second kappa shape index (κ2) is 7.43. The van der Waals surface area contributed by atoms with Gasteiger partial charge >= 0.3 is 0 Å². The normalized spacial score (nSPS) is 19.7. The predicted octanol–water partition coefficient (Wildman–Crippen LogP) is 2.70. The van der Waals surface area contributed by atoms with Gasteiger partial charge in [-0.1, -0.05) is 18.5 Å². The van der Waals surface area contributed by atoms with Crippen molar-refractivity contribution in [1.29, 1.82) is 0 Å². The van der Waals surface area contributed by atoms with Crippen molar-refractivity contribution in [3.63, 3.8) is 0 Å². The van der Waals surface area contributed by atoms with Gasteiger partial charge in [-0.15, -0.1) is 0 Å². The summed E-state index contributed by atoms with van der Waals surface area (Å²) < 4.78 is 6.46. The Bertz CT molecular complexity index is 419. The van der Waals surface area contributed by atoms with Gasteiger partial charge in [-0.25, -0.2) is 4.98 Å². The highest BCUT2D eigenvalue weighted by Gasteiger charge is 2.25. The molecule has 0 aliphatic carbocycles. The van der Waals surface area contributed by atoms with Gasteiger partial charge in [-0.05, 0) is 35.0 Å². The molecule has 0 bridgehead atoms. The van der Waals surface area contributed by atoms with Crippen molar-refractivity contribution < 1.29 is 4.74 Å².